The van der Waals surface area contributed by atoms with Crippen LogP contribution in [0.15, 0.2) is 4.99 Å². The number of carbonyl (C=O) groups excluding carboxylic acids is 1. The van der Waals surface area contributed by atoms with Gasteiger partial charge in [0.25, 0.3) is 0 Å². The van der Waals surface area contributed by atoms with Crippen LogP contribution in [-0.4, -0.2) is 28.4 Å². The van der Waals surface area contributed by atoms with Gasteiger partial charge in [-0.15, -0.1) is 0 Å². The van der Waals surface area contributed by atoms with E-state index >= 15 is 0 Å². The molecule has 0 aromatic carbocycles. The molecule has 14 heavy (non-hydrogen) atoms. The minimum Gasteiger partial charge on any atom is -0.368 e. The number of hydrogen-bond donors (Lipinski definition) is 2. The highest BCUT2D eigenvalue weighted by molar-refractivity contribution is 8.14. The topological polar surface area (TPSA) is 67.5 Å². The Labute approximate surface area is 88.7 Å². The lowest BCUT2D eigenvalue weighted by Crippen LogP contribution is -2.42. The molecule has 0 fully saturated rings. The number of nitrogens with one attached hydrogen (secondary N) is 1. The minimum absolute atomic E-state index is 0.328. The van der Waals surface area contributed by atoms with Gasteiger partial charge in [0, 0.05) is 5.25 Å². The second-order valence-electron chi connectivity index (χ2n) is 3.72. The van der Waals surface area contributed by atoms with Crippen molar-refractivity contribution in [3.8, 4) is 0 Å². The summed E-state index contributed by atoms with van der Waals surface area (Å²) < 4.78 is 0. The van der Waals surface area contributed by atoms with Crippen LogP contribution in [0, 0.1) is 0 Å². The summed E-state index contributed by atoms with van der Waals surface area (Å²) in [5, 5.41) is 4.40. The molecule has 4 nitrogen and oxygen atoms in total. The molecule has 3 N–H and O–H groups in total. The number of amidine groups is 1. The minimum atomic E-state index is -0.348. The van der Waals surface area contributed by atoms with Gasteiger partial charge >= 0.3 is 0 Å². The van der Waals surface area contributed by atoms with Crippen LogP contribution in [0.1, 0.15) is 27.2 Å². The molecule has 80 valence electrons. The van der Waals surface area contributed by atoms with E-state index in [2.05, 4.69) is 24.2 Å². The monoisotopic (exact) mass is 215 g/mol. The molecule has 0 spiro atoms. The number of rotatable bonds is 2. The number of nitrogens with two attached hydrogens (primary N) is 1. The van der Waals surface area contributed by atoms with E-state index in [-0.39, 0.29) is 11.9 Å². The zero-order valence-corrected chi connectivity index (χ0v) is 9.60. The first-order valence-corrected chi connectivity index (χ1v) is 5.67. The van der Waals surface area contributed by atoms with Crippen LogP contribution in [-0.2, 0) is 4.79 Å². The number of amides is 1. The Kier molecular flexibility index (Phi) is 3.80. The highest BCUT2D eigenvalue weighted by atomic mass is 32.2. The van der Waals surface area contributed by atoms with Crippen molar-refractivity contribution >= 4 is 22.8 Å². The van der Waals surface area contributed by atoms with Crippen molar-refractivity contribution in [1.82, 2.24) is 5.32 Å². The van der Waals surface area contributed by atoms with Crippen molar-refractivity contribution in [1.29, 1.82) is 0 Å². The second-order valence-corrected chi connectivity index (χ2v) is 5.14. The molecule has 3 unspecified atom stereocenters. The van der Waals surface area contributed by atoms with Crippen LogP contribution >= 0.6 is 11.8 Å². The summed E-state index contributed by atoms with van der Waals surface area (Å²) in [6, 6.07) is -0.0208. The third-order valence-electron chi connectivity index (χ3n) is 2.09. The van der Waals surface area contributed by atoms with Crippen molar-refractivity contribution in [2.45, 2.75) is 44.5 Å². The molecule has 5 heteroatoms. The summed E-state index contributed by atoms with van der Waals surface area (Å²) in [5.74, 6) is -0.348. The zero-order chi connectivity index (χ0) is 10.7. The summed E-state index contributed by atoms with van der Waals surface area (Å²) in [6.45, 7) is 5.98. The number of nitrogens with zero attached hydrogens (tertiary/aromatic N) is 1. The van der Waals surface area contributed by atoms with E-state index in [9.17, 15) is 4.79 Å². The molecule has 1 amide bonds. The molecule has 0 saturated heterocycles. The Morgan fingerprint density at radius 3 is 2.86 bits per heavy atom. The van der Waals surface area contributed by atoms with Crippen LogP contribution in [0.5, 0.6) is 0 Å². The molecule has 3 atom stereocenters. The van der Waals surface area contributed by atoms with Crippen molar-refractivity contribution in [3.05, 3.63) is 0 Å². The van der Waals surface area contributed by atoms with Gasteiger partial charge in [-0.2, -0.15) is 0 Å². The summed E-state index contributed by atoms with van der Waals surface area (Å²) in [6.07, 6.45) is 1.08. The highest BCUT2D eigenvalue weighted by Crippen LogP contribution is 2.23. The summed E-state index contributed by atoms with van der Waals surface area (Å²) >= 11 is 1.67. The van der Waals surface area contributed by atoms with Gasteiger partial charge in [0.15, 0.2) is 5.17 Å². The van der Waals surface area contributed by atoms with Crippen LogP contribution in [0.3, 0.4) is 0 Å². The average molecular weight is 215 g/mol. The summed E-state index contributed by atoms with van der Waals surface area (Å²) in [4.78, 5) is 15.2. The lowest BCUT2D eigenvalue weighted by atomic mass is 10.2. The fourth-order valence-electron chi connectivity index (χ4n) is 1.33. The third kappa shape index (κ3) is 3.21. The van der Waals surface area contributed by atoms with Gasteiger partial charge in [0.2, 0.25) is 5.91 Å². The summed E-state index contributed by atoms with van der Waals surface area (Å²) in [5.41, 5.74) is 5.16. The highest BCUT2D eigenvalue weighted by Gasteiger charge is 2.20. The zero-order valence-electron chi connectivity index (χ0n) is 8.78. The maximum atomic E-state index is 10.8. The fourth-order valence-corrected chi connectivity index (χ4v) is 2.57. The van der Waals surface area contributed by atoms with Gasteiger partial charge in [-0.05, 0) is 20.3 Å². The van der Waals surface area contributed by atoms with E-state index in [1.54, 1.807) is 18.7 Å². The van der Waals surface area contributed by atoms with Crippen molar-refractivity contribution in [3.63, 3.8) is 0 Å². The number of thioether (sulfide) groups is 1. The predicted molar refractivity (Wildman–Crippen MR) is 60.4 cm³/mol. The normalized spacial score (nSPS) is 29.2. The van der Waals surface area contributed by atoms with Gasteiger partial charge in [-0.1, -0.05) is 18.7 Å². The average Bonchev–Trinajstić information content (AvgIpc) is 2.01. The molecule has 0 saturated carbocycles. The molecular weight excluding hydrogens is 198 g/mol. The second kappa shape index (κ2) is 4.68. The Morgan fingerprint density at radius 1 is 1.71 bits per heavy atom. The smallest absolute Gasteiger partial charge is 0.239 e. The van der Waals surface area contributed by atoms with E-state index in [1.165, 1.54) is 0 Å². The van der Waals surface area contributed by atoms with Crippen molar-refractivity contribution in [2.24, 2.45) is 10.7 Å². The van der Waals surface area contributed by atoms with Gasteiger partial charge in [-0.3, -0.25) is 9.79 Å². The van der Waals surface area contributed by atoms with Crippen LogP contribution in [0.4, 0.5) is 0 Å². The first kappa shape index (κ1) is 11.4. The quantitative estimate of drug-likeness (QED) is 0.713. The Balaban J connectivity index is 2.55. The number of carbonyl (C=O) groups is 1. The Bertz CT molecular complexity index is 254. The van der Waals surface area contributed by atoms with Crippen LogP contribution in [0.2, 0.25) is 0 Å². The maximum Gasteiger partial charge on any atom is 0.239 e. The van der Waals surface area contributed by atoms with E-state index in [0.29, 0.717) is 11.3 Å². The first-order valence-electron chi connectivity index (χ1n) is 4.79. The summed E-state index contributed by atoms with van der Waals surface area (Å²) in [7, 11) is 0. The van der Waals surface area contributed by atoms with Gasteiger partial charge in [-0.25, -0.2) is 0 Å². The lowest BCUT2D eigenvalue weighted by molar-refractivity contribution is -0.119. The van der Waals surface area contributed by atoms with Crippen molar-refractivity contribution < 1.29 is 4.79 Å². The molecular formula is C9H17N3OS. The SMILES string of the molecule is CC1CC(C)SC(NC(C)C(N)=O)=N1. The molecule has 0 radical (unpaired) electrons. The molecule has 1 aliphatic heterocycles. The van der Waals surface area contributed by atoms with Gasteiger partial charge < -0.3 is 11.1 Å². The fraction of sp³-hybridized carbons (Fsp3) is 0.778. The predicted octanol–water partition coefficient (Wildman–Crippen LogP) is 0.720. The molecule has 0 bridgehead atoms. The van der Waals surface area contributed by atoms with Crippen molar-refractivity contribution in [2.75, 3.05) is 0 Å². The van der Waals surface area contributed by atoms with Crippen LogP contribution in [0.25, 0.3) is 0 Å². The lowest BCUT2D eigenvalue weighted by Gasteiger charge is -2.24. The van der Waals surface area contributed by atoms with Gasteiger partial charge in [0.1, 0.15) is 6.04 Å². The van der Waals surface area contributed by atoms with Gasteiger partial charge in [0.05, 0.1) is 6.04 Å². The maximum absolute atomic E-state index is 10.8. The van der Waals surface area contributed by atoms with Crippen LogP contribution < -0.4 is 11.1 Å². The molecule has 0 aromatic heterocycles. The molecule has 1 heterocycles. The van der Waals surface area contributed by atoms with E-state index in [1.807, 2.05) is 0 Å². The van der Waals surface area contributed by atoms with E-state index < -0.39 is 0 Å². The number of aliphatic imine (C=N–C) groups is 1. The number of hydrogen-bond acceptors (Lipinski definition) is 4. The third-order valence-corrected chi connectivity index (χ3v) is 3.13. The van der Waals surface area contributed by atoms with E-state index in [0.717, 1.165) is 11.6 Å². The Hall–Kier alpha value is -0.710. The Morgan fingerprint density at radius 2 is 2.36 bits per heavy atom. The molecule has 0 aromatic rings. The standard InChI is InChI=1S/C9H17N3OS/c1-5-4-6(2)14-9(11-5)12-7(3)8(10)13/h5-7H,4H2,1-3H3,(H2,10,13)(H,11,12). The molecule has 1 aliphatic rings. The molecule has 1 rings (SSSR count). The number of primary amides is 1. The van der Waals surface area contributed by atoms with E-state index in [4.69, 9.17) is 5.73 Å². The largest absolute Gasteiger partial charge is 0.368 e. The molecule has 0 aliphatic carbocycles. The first-order chi connectivity index (χ1) is 6.49.